The first-order chi connectivity index (χ1) is 9.69. The van der Waals surface area contributed by atoms with Gasteiger partial charge in [0.2, 0.25) is 0 Å². The predicted molar refractivity (Wildman–Crippen MR) is 89.1 cm³/mol. The van der Waals surface area contributed by atoms with Crippen LogP contribution in [0.25, 0.3) is 0 Å². The van der Waals surface area contributed by atoms with Crippen LogP contribution in [0, 0.1) is 6.92 Å². The summed E-state index contributed by atoms with van der Waals surface area (Å²) in [5, 5.41) is 4.25. The first-order valence-corrected chi connectivity index (χ1v) is 7.69. The first-order valence-electron chi connectivity index (χ1n) is 7.31. The van der Waals surface area contributed by atoms with Crippen molar-refractivity contribution >= 4 is 23.0 Å². The molecule has 1 nitrogen and oxygen atoms in total. The number of unbranched alkanes of at least 4 members (excludes halogenated alkanes) is 2. The molecule has 0 aliphatic carbocycles. The van der Waals surface area contributed by atoms with Crippen molar-refractivity contribution in [2.75, 3.05) is 5.32 Å². The molecule has 0 saturated heterocycles. The second-order valence-electron chi connectivity index (χ2n) is 5.24. The monoisotopic (exact) mass is 287 g/mol. The van der Waals surface area contributed by atoms with E-state index in [-0.39, 0.29) is 0 Å². The molecule has 106 valence electrons. The highest BCUT2D eigenvalue weighted by Crippen LogP contribution is 2.24. The lowest BCUT2D eigenvalue weighted by Crippen LogP contribution is -1.94. The van der Waals surface area contributed by atoms with Gasteiger partial charge in [0, 0.05) is 16.4 Å². The summed E-state index contributed by atoms with van der Waals surface area (Å²) >= 11 is 5.99. The van der Waals surface area contributed by atoms with Crippen LogP contribution in [0.3, 0.4) is 0 Å². The largest absolute Gasteiger partial charge is 0.355 e. The molecule has 2 aromatic carbocycles. The molecule has 0 aliphatic rings. The van der Waals surface area contributed by atoms with Crippen LogP contribution in [-0.4, -0.2) is 0 Å². The highest BCUT2D eigenvalue weighted by Gasteiger charge is 2.01. The van der Waals surface area contributed by atoms with Gasteiger partial charge in [0.25, 0.3) is 0 Å². The van der Waals surface area contributed by atoms with Crippen LogP contribution < -0.4 is 5.32 Å². The molecule has 2 rings (SSSR count). The van der Waals surface area contributed by atoms with Gasteiger partial charge in [-0.2, -0.15) is 0 Å². The van der Waals surface area contributed by atoms with Gasteiger partial charge in [-0.05, 0) is 61.2 Å². The molecular formula is C18H22ClN. The quantitative estimate of drug-likeness (QED) is 0.631. The van der Waals surface area contributed by atoms with Crippen LogP contribution in [-0.2, 0) is 6.42 Å². The number of rotatable bonds is 6. The third kappa shape index (κ3) is 4.28. The van der Waals surface area contributed by atoms with E-state index in [9.17, 15) is 0 Å². The Labute approximate surface area is 127 Å². The molecule has 0 heterocycles. The maximum atomic E-state index is 5.99. The van der Waals surface area contributed by atoms with Crippen molar-refractivity contribution in [2.45, 2.75) is 39.5 Å². The highest BCUT2D eigenvalue weighted by molar-refractivity contribution is 6.30. The molecule has 0 bridgehead atoms. The number of halogens is 1. The molecule has 0 atom stereocenters. The van der Waals surface area contributed by atoms with E-state index in [4.69, 9.17) is 11.6 Å². The Bertz CT molecular complexity index is 563. The standard InChI is InChI=1S/C18H22ClN/c1-3-4-5-7-15-8-6-9-17(13-15)20-18-11-10-16(19)12-14(18)2/h6,8-13,20H,3-5,7H2,1-2H3. The molecule has 1 N–H and O–H groups in total. The zero-order valence-corrected chi connectivity index (χ0v) is 13.0. The van der Waals surface area contributed by atoms with E-state index in [0.717, 1.165) is 28.4 Å². The van der Waals surface area contributed by atoms with E-state index in [2.05, 4.69) is 43.4 Å². The number of hydrogen-bond donors (Lipinski definition) is 1. The minimum Gasteiger partial charge on any atom is -0.355 e. The normalized spacial score (nSPS) is 10.6. The van der Waals surface area contributed by atoms with E-state index < -0.39 is 0 Å². The lowest BCUT2D eigenvalue weighted by Gasteiger charge is -2.11. The summed E-state index contributed by atoms with van der Waals surface area (Å²) in [5.74, 6) is 0. The van der Waals surface area contributed by atoms with Gasteiger partial charge < -0.3 is 5.32 Å². The smallest absolute Gasteiger partial charge is 0.0414 e. The molecule has 0 unspecified atom stereocenters. The topological polar surface area (TPSA) is 12.0 Å². The predicted octanol–water partition coefficient (Wildman–Crippen LogP) is 6.12. The summed E-state index contributed by atoms with van der Waals surface area (Å²) in [6, 6.07) is 14.6. The molecular weight excluding hydrogens is 266 g/mol. The fourth-order valence-electron chi connectivity index (χ4n) is 2.31. The maximum absolute atomic E-state index is 5.99. The molecule has 2 aromatic rings. The molecule has 0 radical (unpaired) electrons. The van der Waals surface area contributed by atoms with Gasteiger partial charge in [-0.1, -0.05) is 43.5 Å². The van der Waals surface area contributed by atoms with Crippen molar-refractivity contribution in [1.82, 2.24) is 0 Å². The van der Waals surface area contributed by atoms with Crippen molar-refractivity contribution < 1.29 is 0 Å². The summed E-state index contributed by atoms with van der Waals surface area (Å²) in [5.41, 5.74) is 4.81. The number of nitrogens with one attached hydrogen (secondary N) is 1. The highest BCUT2D eigenvalue weighted by atomic mass is 35.5. The summed E-state index contributed by atoms with van der Waals surface area (Å²) in [6.07, 6.45) is 4.98. The minimum atomic E-state index is 0.779. The lowest BCUT2D eigenvalue weighted by atomic mass is 10.1. The van der Waals surface area contributed by atoms with Crippen LogP contribution >= 0.6 is 11.6 Å². The zero-order valence-electron chi connectivity index (χ0n) is 12.2. The second kappa shape index (κ2) is 7.35. The van der Waals surface area contributed by atoms with E-state index in [1.54, 1.807) is 0 Å². The Kier molecular flexibility index (Phi) is 5.49. The summed E-state index contributed by atoms with van der Waals surface area (Å²) < 4.78 is 0. The fourth-order valence-corrected chi connectivity index (χ4v) is 2.53. The Morgan fingerprint density at radius 2 is 1.90 bits per heavy atom. The minimum absolute atomic E-state index is 0.779. The number of aryl methyl sites for hydroxylation is 2. The number of anilines is 2. The van der Waals surface area contributed by atoms with Gasteiger partial charge in [-0.15, -0.1) is 0 Å². The molecule has 0 saturated carbocycles. The molecule has 20 heavy (non-hydrogen) atoms. The van der Waals surface area contributed by atoms with Crippen LogP contribution in [0.15, 0.2) is 42.5 Å². The van der Waals surface area contributed by atoms with Crippen molar-refractivity contribution in [3.8, 4) is 0 Å². The van der Waals surface area contributed by atoms with Crippen molar-refractivity contribution in [3.05, 3.63) is 58.6 Å². The van der Waals surface area contributed by atoms with Gasteiger partial charge in [0.05, 0.1) is 0 Å². The zero-order chi connectivity index (χ0) is 14.4. The average molecular weight is 288 g/mol. The van der Waals surface area contributed by atoms with E-state index in [0.29, 0.717) is 0 Å². The molecule has 0 fully saturated rings. The van der Waals surface area contributed by atoms with Crippen LogP contribution in [0.4, 0.5) is 11.4 Å². The van der Waals surface area contributed by atoms with E-state index in [1.807, 2.05) is 18.2 Å². The first kappa shape index (κ1) is 14.9. The summed E-state index contributed by atoms with van der Waals surface area (Å²) in [7, 11) is 0. The van der Waals surface area contributed by atoms with Crippen LogP contribution in [0.5, 0.6) is 0 Å². The maximum Gasteiger partial charge on any atom is 0.0414 e. The second-order valence-corrected chi connectivity index (χ2v) is 5.68. The molecule has 0 amide bonds. The fraction of sp³-hybridized carbons (Fsp3) is 0.333. The van der Waals surface area contributed by atoms with E-state index >= 15 is 0 Å². The Morgan fingerprint density at radius 3 is 2.65 bits per heavy atom. The molecule has 0 spiro atoms. The molecule has 2 heteroatoms. The van der Waals surface area contributed by atoms with Gasteiger partial charge in [-0.3, -0.25) is 0 Å². The average Bonchev–Trinajstić information content (AvgIpc) is 2.43. The summed E-state index contributed by atoms with van der Waals surface area (Å²) in [6.45, 7) is 4.31. The van der Waals surface area contributed by atoms with Crippen LogP contribution in [0.1, 0.15) is 37.3 Å². The number of benzene rings is 2. The van der Waals surface area contributed by atoms with Gasteiger partial charge in [-0.25, -0.2) is 0 Å². The third-order valence-electron chi connectivity index (χ3n) is 3.46. The Morgan fingerprint density at radius 1 is 1.05 bits per heavy atom. The van der Waals surface area contributed by atoms with Gasteiger partial charge in [0.1, 0.15) is 0 Å². The number of hydrogen-bond acceptors (Lipinski definition) is 1. The van der Waals surface area contributed by atoms with E-state index in [1.165, 1.54) is 24.8 Å². The molecule has 0 aromatic heterocycles. The van der Waals surface area contributed by atoms with Crippen LogP contribution in [0.2, 0.25) is 5.02 Å². The van der Waals surface area contributed by atoms with Crippen molar-refractivity contribution in [2.24, 2.45) is 0 Å². The SMILES string of the molecule is CCCCCc1cccc(Nc2ccc(Cl)cc2C)c1. The lowest BCUT2D eigenvalue weighted by molar-refractivity contribution is 0.717. The van der Waals surface area contributed by atoms with Gasteiger partial charge >= 0.3 is 0 Å². The Balaban J connectivity index is 2.07. The van der Waals surface area contributed by atoms with Crippen molar-refractivity contribution in [3.63, 3.8) is 0 Å². The Hall–Kier alpha value is -1.47. The summed E-state index contributed by atoms with van der Waals surface area (Å²) in [4.78, 5) is 0. The third-order valence-corrected chi connectivity index (χ3v) is 3.70. The molecule has 0 aliphatic heterocycles. The van der Waals surface area contributed by atoms with Crippen molar-refractivity contribution in [1.29, 1.82) is 0 Å². The van der Waals surface area contributed by atoms with Gasteiger partial charge in [0.15, 0.2) is 0 Å².